The summed E-state index contributed by atoms with van der Waals surface area (Å²) in [7, 11) is -3.21. The number of hydrogen-bond acceptors (Lipinski definition) is 6. The minimum atomic E-state index is -3.21. The van der Waals surface area contributed by atoms with E-state index in [1.165, 1.54) is 0 Å². The van der Waals surface area contributed by atoms with Gasteiger partial charge in [0.2, 0.25) is 5.91 Å². The van der Waals surface area contributed by atoms with Crippen molar-refractivity contribution < 1.29 is 32.6 Å². The van der Waals surface area contributed by atoms with Gasteiger partial charge >= 0.3 is 11.9 Å². The Kier molecular flexibility index (Phi) is 6.13. The van der Waals surface area contributed by atoms with Crippen molar-refractivity contribution in [3.05, 3.63) is 0 Å². The lowest BCUT2D eigenvalue weighted by atomic mass is 10.1. The Hall–Kier alpha value is -1.64. The summed E-state index contributed by atoms with van der Waals surface area (Å²) in [5, 5.41) is 11.3. The maximum absolute atomic E-state index is 11.9. The van der Waals surface area contributed by atoms with Gasteiger partial charge in [-0.25, -0.2) is 13.2 Å². The third-order valence-electron chi connectivity index (χ3n) is 3.16. The van der Waals surface area contributed by atoms with Crippen molar-refractivity contribution in [1.29, 1.82) is 0 Å². The Morgan fingerprint density at radius 1 is 1.38 bits per heavy atom. The van der Waals surface area contributed by atoms with E-state index in [1.54, 1.807) is 6.92 Å². The molecule has 1 aliphatic heterocycles. The maximum Gasteiger partial charge on any atom is 0.326 e. The van der Waals surface area contributed by atoms with E-state index in [4.69, 9.17) is 5.11 Å². The first-order valence-electron chi connectivity index (χ1n) is 6.64. The van der Waals surface area contributed by atoms with Gasteiger partial charge in [-0.1, -0.05) is 0 Å². The van der Waals surface area contributed by atoms with Crippen LogP contribution in [-0.4, -0.2) is 55.5 Å². The molecule has 1 fully saturated rings. The molecule has 1 saturated heterocycles. The van der Waals surface area contributed by atoms with Crippen LogP contribution in [0.1, 0.15) is 26.2 Å². The molecule has 2 atom stereocenters. The van der Waals surface area contributed by atoms with Gasteiger partial charge in [-0.3, -0.25) is 9.59 Å². The van der Waals surface area contributed by atoms with Crippen LogP contribution in [0, 0.1) is 5.92 Å². The van der Waals surface area contributed by atoms with E-state index < -0.39 is 39.6 Å². The summed E-state index contributed by atoms with van der Waals surface area (Å²) in [6, 6.07) is -1.23. The molecule has 21 heavy (non-hydrogen) atoms. The summed E-state index contributed by atoms with van der Waals surface area (Å²) in [6.07, 6.45) is -0.0359. The second-order valence-corrected chi connectivity index (χ2v) is 7.07. The lowest BCUT2D eigenvalue weighted by molar-refractivity contribution is -0.145. The molecule has 1 unspecified atom stereocenters. The molecule has 8 nitrogen and oxygen atoms in total. The molecule has 1 aliphatic rings. The Labute approximate surface area is 122 Å². The molecule has 0 saturated carbocycles. The third kappa shape index (κ3) is 5.70. The molecular weight excluding hydrogens is 302 g/mol. The van der Waals surface area contributed by atoms with Gasteiger partial charge in [0, 0.05) is 6.42 Å². The number of rotatable bonds is 7. The molecular formula is C12H19NO7S. The monoisotopic (exact) mass is 321 g/mol. The summed E-state index contributed by atoms with van der Waals surface area (Å²) >= 11 is 0. The van der Waals surface area contributed by atoms with Crippen LogP contribution in [0.15, 0.2) is 0 Å². The average molecular weight is 321 g/mol. The average Bonchev–Trinajstić information content (AvgIpc) is 2.74. The van der Waals surface area contributed by atoms with E-state index in [0.29, 0.717) is 0 Å². The van der Waals surface area contributed by atoms with Gasteiger partial charge in [0.15, 0.2) is 9.84 Å². The number of carbonyl (C=O) groups excluding carboxylic acids is 2. The summed E-state index contributed by atoms with van der Waals surface area (Å²) in [6.45, 7) is 1.83. The summed E-state index contributed by atoms with van der Waals surface area (Å²) in [5.74, 6) is -3.46. The van der Waals surface area contributed by atoms with E-state index in [0.717, 1.165) is 0 Å². The van der Waals surface area contributed by atoms with Gasteiger partial charge in [0.25, 0.3) is 0 Å². The van der Waals surface area contributed by atoms with E-state index in [9.17, 15) is 22.8 Å². The van der Waals surface area contributed by atoms with Gasteiger partial charge < -0.3 is 15.2 Å². The number of carboxylic acid groups (broad SMARTS) is 1. The standard InChI is InChI=1S/C12H19NO7S/c1-2-20-10(14)4-3-9(12(16)17)13-11(15)8-5-6-21(18,19)7-8/h8-9H,2-7H2,1H3,(H,13,15)(H,16,17)/t8?,9-/m0/s1. The second-order valence-electron chi connectivity index (χ2n) is 4.84. The fraction of sp³-hybridized carbons (Fsp3) is 0.750. The molecule has 0 aromatic rings. The number of carbonyl (C=O) groups is 3. The number of aliphatic carboxylic acids is 1. The first-order chi connectivity index (χ1) is 9.75. The maximum atomic E-state index is 11.9. The van der Waals surface area contributed by atoms with Crippen LogP contribution in [0.4, 0.5) is 0 Å². The summed E-state index contributed by atoms with van der Waals surface area (Å²) < 4.78 is 27.3. The van der Waals surface area contributed by atoms with Gasteiger partial charge in [-0.15, -0.1) is 0 Å². The molecule has 0 radical (unpaired) electrons. The number of amides is 1. The molecule has 0 bridgehead atoms. The van der Waals surface area contributed by atoms with E-state index >= 15 is 0 Å². The van der Waals surface area contributed by atoms with Crippen molar-refractivity contribution >= 4 is 27.7 Å². The first kappa shape index (κ1) is 17.4. The number of carboxylic acids is 1. The predicted octanol–water partition coefficient (Wildman–Crippen LogP) is -0.666. The quantitative estimate of drug-likeness (QED) is 0.595. The number of nitrogens with one attached hydrogen (secondary N) is 1. The number of hydrogen-bond donors (Lipinski definition) is 2. The van der Waals surface area contributed by atoms with E-state index in [-0.39, 0.29) is 37.4 Å². The summed E-state index contributed by atoms with van der Waals surface area (Å²) in [4.78, 5) is 34.1. The van der Waals surface area contributed by atoms with Gasteiger partial charge in [0.1, 0.15) is 6.04 Å². The highest BCUT2D eigenvalue weighted by Gasteiger charge is 2.34. The normalized spacial score (nSPS) is 21.5. The fourth-order valence-electron chi connectivity index (χ4n) is 2.04. The van der Waals surface area contributed by atoms with Crippen LogP contribution in [0.25, 0.3) is 0 Å². The zero-order valence-electron chi connectivity index (χ0n) is 11.7. The zero-order valence-corrected chi connectivity index (χ0v) is 12.5. The predicted molar refractivity (Wildman–Crippen MR) is 72.2 cm³/mol. The van der Waals surface area contributed by atoms with Crippen molar-refractivity contribution in [2.75, 3.05) is 18.1 Å². The van der Waals surface area contributed by atoms with E-state index in [1.807, 2.05) is 0 Å². The Morgan fingerprint density at radius 2 is 2.05 bits per heavy atom. The minimum Gasteiger partial charge on any atom is -0.480 e. The third-order valence-corrected chi connectivity index (χ3v) is 4.93. The molecule has 1 amide bonds. The van der Waals surface area contributed by atoms with Crippen molar-refractivity contribution in [2.24, 2.45) is 5.92 Å². The van der Waals surface area contributed by atoms with Crippen LogP contribution in [-0.2, 0) is 29.0 Å². The largest absolute Gasteiger partial charge is 0.480 e. The first-order valence-corrected chi connectivity index (χ1v) is 8.46. The lowest BCUT2D eigenvalue weighted by Crippen LogP contribution is -2.44. The van der Waals surface area contributed by atoms with Crippen LogP contribution in [0.3, 0.4) is 0 Å². The number of sulfone groups is 1. The van der Waals surface area contributed by atoms with E-state index in [2.05, 4.69) is 10.1 Å². The van der Waals surface area contributed by atoms with Gasteiger partial charge in [-0.05, 0) is 19.8 Å². The highest BCUT2D eigenvalue weighted by atomic mass is 32.2. The lowest BCUT2D eigenvalue weighted by Gasteiger charge is -2.16. The number of ether oxygens (including phenoxy) is 1. The minimum absolute atomic E-state index is 0.0638. The van der Waals surface area contributed by atoms with Crippen molar-refractivity contribution in [3.63, 3.8) is 0 Å². The molecule has 1 rings (SSSR count). The van der Waals surface area contributed by atoms with Crippen molar-refractivity contribution in [1.82, 2.24) is 5.32 Å². The molecule has 2 N–H and O–H groups in total. The van der Waals surface area contributed by atoms with Crippen LogP contribution in [0.2, 0.25) is 0 Å². The molecule has 0 aromatic heterocycles. The topological polar surface area (TPSA) is 127 Å². The smallest absolute Gasteiger partial charge is 0.326 e. The Bertz CT molecular complexity index is 514. The molecule has 1 heterocycles. The summed E-state index contributed by atoms with van der Waals surface area (Å²) in [5.41, 5.74) is 0. The van der Waals surface area contributed by atoms with Crippen LogP contribution >= 0.6 is 0 Å². The Morgan fingerprint density at radius 3 is 2.52 bits per heavy atom. The molecule has 0 spiro atoms. The van der Waals surface area contributed by atoms with Gasteiger partial charge in [-0.2, -0.15) is 0 Å². The molecule has 9 heteroatoms. The molecule has 0 aliphatic carbocycles. The zero-order chi connectivity index (χ0) is 16.0. The molecule has 120 valence electrons. The van der Waals surface area contributed by atoms with Crippen LogP contribution in [0.5, 0.6) is 0 Å². The Balaban J connectivity index is 2.52. The highest BCUT2D eigenvalue weighted by Crippen LogP contribution is 2.18. The van der Waals surface area contributed by atoms with Crippen molar-refractivity contribution in [3.8, 4) is 0 Å². The SMILES string of the molecule is CCOC(=O)CC[C@H](NC(=O)C1CCS(=O)(=O)C1)C(=O)O. The van der Waals surface area contributed by atoms with Gasteiger partial charge in [0.05, 0.1) is 24.0 Å². The number of esters is 1. The second kappa shape index (κ2) is 7.39. The highest BCUT2D eigenvalue weighted by molar-refractivity contribution is 7.91. The van der Waals surface area contributed by atoms with Crippen LogP contribution < -0.4 is 5.32 Å². The fourth-order valence-corrected chi connectivity index (χ4v) is 3.79. The molecule has 0 aromatic carbocycles. The van der Waals surface area contributed by atoms with Crippen molar-refractivity contribution in [2.45, 2.75) is 32.2 Å².